The topological polar surface area (TPSA) is 53.5 Å². The van der Waals surface area contributed by atoms with E-state index in [1.807, 2.05) is 48.2 Å². The van der Waals surface area contributed by atoms with Gasteiger partial charge in [0.15, 0.2) is 0 Å². The lowest BCUT2D eigenvalue weighted by Gasteiger charge is -2.43. The molecule has 1 aliphatic rings. The van der Waals surface area contributed by atoms with Gasteiger partial charge < -0.3 is 9.80 Å². The molecular formula is C24H22ClN3O2. The molecule has 2 amide bonds. The Morgan fingerprint density at radius 1 is 1.07 bits per heavy atom. The highest BCUT2D eigenvalue weighted by Gasteiger charge is 2.38. The van der Waals surface area contributed by atoms with Crippen LogP contribution in [0.15, 0.2) is 73.1 Å². The van der Waals surface area contributed by atoms with Crippen molar-refractivity contribution in [3.63, 3.8) is 0 Å². The lowest BCUT2D eigenvalue weighted by atomic mass is 9.89. The molecule has 2 heterocycles. The second-order valence-corrected chi connectivity index (χ2v) is 7.88. The second-order valence-electron chi connectivity index (χ2n) is 7.44. The van der Waals surface area contributed by atoms with Crippen molar-refractivity contribution in [3.05, 3.63) is 89.2 Å². The summed E-state index contributed by atoms with van der Waals surface area (Å²) in [6.45, 7) is 3.58. The zero-order valence-corrected chi connectivity index (χ0v) is 17.6. The highest BCUT2D eigenvalue weighted by Crippen LogP contribution is 2.42. The fourth-order valence-electron chi connectivity index (χ4n) is 4.15. The van der Waals surface area contributed by atoms with Crippen LogP contribution < -0.4 is 9.80 Å². The summed E-state index contributed by atoms with van der Waals surface area (Å²) in [5, 5.41) is 0.618. The van der Waals surface area contributed by atoms with Gasteiger partial charge in [-0.1, -0.05) is 29.8 Å². The van der Waals surface area contributed by atoms with Crippen LogP contribution in [0, 0.1) is 0 Å². The number of nitrogens with zero attached hydrogens (tertiary/aromatic N) is 3. The maximum absolute atomic E-state index is 13.3. The lowest BCUT2D eigenvalue weighted by Crippen LogP contribution is -2.47. The first-order chi connectivity index (χ1) is 14.5. The van der Waals surface area contributed by atoms with Gasteiger partial charge in [-0.25, -0.2) is 0 Å². The van der Waals surface area contributed by atoms with Crippen molar-refractivity contribution < 1.29 is 9.59 Å². The summed E-state index contributed by atoms with van der Waals surface area (Å²) in [5.74, 6) is -0.154. The highest BCUT2D eigenvalue weighted by molar-refractivity contribution is 6.30. The number of aromatic nitrogens is 1. The van der Waals surface area contributed by atoms with Gasteiger partial charge >= 0.3 is 0 Å². The largest absolute Gasteiger partial charge is 0.305 e. The number of para-hydroxylation sites is 1. The Morgan fingerprint density at radius 2 is 1.80 bits per heavy atom. The number of hydrogen-bond donors (Lipinski definition) is 0. The Labute approximate surface area is 180 Å². The number of carbonyl (C=O) groups is 2. The van der Waals surface area contributed by atoms with E-state index in [9.17, 15) is 9.59 Å². The van der Waals surface area contributed by atoms with Crippen LogP contribution in [0.25, 0.3) is 0 Å². The molecule has 152 valence electrons. The molecule has 2 aromatic carbocycles. The predicted octanol–water partition coefficient (Wildman–Crippen LogP) is 5.27. The number of amides is 2. The van der Waals surface area contributed by atoms with Gasteiger partial charge in [0.1, 0.15) is 0 Å². The van der Waals surface area contributed by atoms with Crippen LogP contribution in [0.4, 0.5) is 11.4 Å². The van der Waals surface area contributed by atoms with Gasteiger partial charge in [-0.2, -0.15) is 0 Å². The summed E-state index contributed by atoms with van der Waals surface area (Å²) in [6.07, 6.45) is 3.85. The zero-order valence-electron chi connectivity index (χ0n) is 16.8. The van der Waals surface area contributed by atoms with E-state index in [1.54, 1.807) is 48.5 Å². The molecule has 30 heavy (non-hydrogen) atoms. The molecule has 1 aliphatic heterocycles. The first-order valence-corrected chi connectivity index (χ1v) is 10.2. The molecule has 0 spiro atoms. The third-order valence-electron chi connectivity index (χ3n) is 5.44. The molecule has 0 fully saturated rings. The molecule has 3 aromatic rings. The molecule has 2 atom stereocenters. The van der Waals surface area contributed by atoms with Crippen molar-refractivity contribution in [2.45, 2.75) is 32.4 Å². The second kappa shape index (κ2) is 8.28. The van der Waals surface area contributed by atoms with E-state index in [0.29, 0.717) is 17.0 Å². The van der Waals surface area contributed by atoms with E-state index in [2.05, 4.69) is 4.98 Å². The minimum Gasteiger partial charge on any atom is -0.305 e. The van der Waals surface area contributed by atoms with Crippen LogP contribution in [0.5, 0.6) is 0 Å². The van der Waals surface area contributed by atoms with Crippen LogP contribution in [0.2, 0.25) is 5.02 Å². The van der Waals surface area contributed by atoms with Crippen LogP contribution in [0.1, 0.15) is 42.2 Å². The highest BCUT2D eigenvalue weighted by atomic mass is 35.5. The van der Waals surface area contributed by atoms with Crippen molar-refractivity contribution >= 4 is 34.8 Å². The number of anilines is 2. The van der Waals surface area contributed by atoms with E-state index in [4.69, 9.17) is 11.6 Å². The van der Waals surface area contributed by atoms with Crippen molar-refractivity contribution in [2.75, 3.05) is 9.80 Å². The van der Waals surface area contributed by atoms with Gasteiger partial charge in [-0.15, -0.1) is 0 Å². The molecule has 6 heteroatoms. The molecule has 0 bridgehead atoms. The van der Waals surface area contributed by atoms with Gasteiger partial charge in [0.2, 0.25) is 5.91 Å². The lowest BCUT2D eigenvalue weighted by molar-refractivity contribution is -0.117. The summed E-state index contributed by atoms with van der Waals surface area (Å²) in [7, 11) is 0. The molecule has 4 rings (SSSR count). The van der Waals surface area contributed by atoms with Gasteiger partial charge in [0.05, 0.1) is 11.6 Å². The number of halogens is 1. The maximum atomic E-state index is 13.3. The Morgan fingerprint density at radius 3 is 2.47 bits per heavy atom. The molecular weight excluding hydrogens is 398 g/mol. The standard InChI is InChI=1S/C24H22ClN3O2/c1-16-14-23(28(17(2)29)20-11-9-19(25)10-12-20)21-7-3-4-8-22(21)27(16)24(30)18-6-5-13-26-15-18/h3-13,15-16,23H,14H2,1-2H3/t16-,23+/m0/s1. The van der Waals surface area contributed by atoms with E-state index in [0.717, 1.165) is 16.9 Å². The van der Waals surface area contributed by atoms with Crippen molar-refractivity contribution in [3.8, 4) is 0 Å². The number of pyridine rings is 1. The summed E-state index contributed by atoms with van der Waals surface area (Å²) >= 11 is 6.05. The molecule has 0 N–H and O–H groups in total. The molecule has 0 saturated heterocycles. The molecule has 0 radical (unpaired) electrons. The van der Waals surface area contributed by atoms with Gasteiger partial charge in [0, 0.05) is 41.8 Å². The molecule has 1 aromatic heterocycles. The van der Waals surface area contributed by atoms with Crippen molar-refractivity contribution in [1.29, 1.82) is 0 Å². The summed E-state index contributed by atoms with van der Waals surface area (Å²) < 4.78 is 0. The van der Waals surface area contributed by atoms with Crippen molar-refractivity contribution in [2.24, 2.45) is 0 Å². The van der Waals surface area contributed by atoms with E-state index in [1.165, 1.54) is 0 Å². The molecule has 0 aliphatic carbocycles. The monoisotopic (exact) mass is 419 g/mol. The summed E-state index contributed by atoms with van der Waals surface area (Å²) in [5.41, 5.74) is 3.08. The molecule has 0 saturated carbocycles. The fourth-order valence-corrected chi connectivity index (χ4v) is 4.27. The maximum Gasteiger partial charge on any atom is 0.260 e. The van der Waals surface area contributed by atoms with Gasteiger partial charge in [-0.05, 0) is 61.4 Å². The Bertz CT molecular complexity index is 1070. The molecule has 5 nitrogen and oxygen atoms in total. The fraction of sp³-hybridized carbons (Fsp3) is 0.208. The Kier molecular flexibility index (Phi) is 5.55. The Balaban J connectivity index is 1.78. The zero-order chi connectivity index (χ0) is 21.3. The quantitative estimate of drug-likeness (QED) is 0.581. The van der Waals surface area contributed by atoms with Gasteiger partial charge in [0.25, 0.3) is 5.91 Å². The number of benzene rings is 2. The third kappa shape index (κ3) is 3.68. The first-order valence-electron chi connectivity index (χ1n) is 9.85. The number of rotatable bonds is 3. The Hall–Kier alpha value is -3.18. The summed E-state index contributed by atoms with van der Waals surface area (Å²) in [6, 6.07) is 18.3. The predicted molar refractivity (Wildman–Crippen MR) is 119 cm³/mol. The average Bonchev–Trinajstić information content (AvgIpc) is 2.75. The minimum absolute atomic E-state index is 0.0589. The first kappa shape index (κ1) is 20.1. The van der Waals surface area contributed by atoms with Crippen LogP contribution in [0.3, 0.4) is 0 Å². The van der Waals surface area contributed by atoms with Crippen molar-refractivity contribution in [1.82, 2.24) is 4.98 Å². The minimum atomic E-state index is -0.187. The van der Waals surface area contributed by atoms with Crippen LogP contribution >= 0.6 is 11.6 Å². The number of fused-ring (bicyclic) bond motifs is 1. The normalized spacial score (nSPS) is 17.9. The van der Waals surface area contributed by atoms with E-state index < -0.39 is 0 Å². The number of hydrogen-bond acceptors (Lipinski definition) is 3. The summed E-state index contributed by atoms with van der Waals surface area (Å²) in [4.78, 5) is 33.6. The third-order valence-corrected chi connectivity index (χ3v) is 5.70. The average molecular weight is 420 g/mol. The van der Waals surface area contributed by atoms with E-state index >= 15 is 0 Å². The SMILES string of the molecule is CC(=O)N(c1ccc(Cl)cc1)[C@@H]1C[C@H](C)N(C(=O)c2cccnc2)c2ccccc21. The van der Waals surface area contributed by atoms with Crippen LogP contribution in [-0.2, 0) is 4.79 Å². The number of carbonyl (C=O) groups excluding carboxylic acids is 2. The van der Waals surface area contributed by atoms with Gasteiger partial charge in [-0.3, -0.25) is 14.6 Å². The smallest absolute Gasteiger partial charge is 0.260 e. The van der Waals surface area contributed by atoms with E-state index in [-0.39, 0.29) is 23.9 Å². The molecule has 0 unspecified atom stereocenters. The van der Waals surface area contributed by atoms with Crippen LogP contribution in [-0.4, -0.2) is 22.8 Å².